The van der Waals surface area contributed by atoms with Crippen LogP contribution >= 0.6 is 0 Å². The summed E-state index contributed by atoms with van der Waals surface area (Å²) in [5.41, 5.74) is -0.0419. The first-order chi connectivity index (χ1) is 6.55. The van der Waals surface area contributed by atoms with Gasteiger partial charge in [-0.05, 0) is 26.7 Å². The number of methoxy groups -OCH3 is 1. The monoisotopic (exact) mass is 201 g/mol. The number of rotatable bonds is 8. The lowest BCUT2D eigenvalue weighted by atomic mass is 10.0. The van der Waals surface area contributed by atoms with Crippen LogP contribution in [0.1, 0.15) is 53.4 Å². The summed E-state index contributed by atoms with van der Waals surface area (Å²) in [6, 6.07) is 0.666. The van der Waals surface area contributed by atoms with E-state index in [1.54, 1.807) is 7.11 Å². The van der Waals surface area contributed by atoms with Crippen molar-refractivity contribution >= 4 is 0 Å². The van der Waals surface area contributed by atoms with E-state index in [0.717, 1.165) is 6.54 Å². The van der Waals surface area contributed by atoms with Crippen molar-refractivity contribution in [2.24, 2.45) is 0 Å². The molecule has 2 nitrogen and oxygen atoms in total. The zero-order chi connectivity index (χ0) is 11.0. The van der Waals surface area contributed by atoms with Gasteiger partial charge in [-0.2, -0.15) is 0 Å². The molecule has 1 N–H and O–H groups in total. The van der Waals surface area contributed by atoms with Crippen molar-refractivity contribution in [1.82, 2.24) is 5.32 Å². The van der Waals surface area contributed by atoms with Gasteiger partial charge < -0.3 is 10.1 Å². The quantitative estimate of drug-likeness (QED) is 0.652. The molecule has 0 aromatic heterocycles. The molecule has 0 aliphatic rings. The van der Waals surface area contributed by atoms with Crippen molar-refractivity contribution in [3.05, 3.63) is 0 Å². The number of hydrogen-bond donors (Lipinski definition) is 1. The first-order valence-corrected chi connectivity index (χ1v) is 5.84. The van der Waals surface area contributed by atoms with Gasteiger partial charge in [-0.15, -0.1) is 0 Å². The zero-order valence-electron chi connectivity index (χ0n) is 10.5. The van der Waals surface area contributed by atoms with Crippen LogP contribution in [0.3, 0.4) is 0 Å². The predicted octanol–water partition coefficient (Wildman–Crippen LogP) is 2.97. The van der Waals surface area contributed by atoms with Crippen molar-refractivity contribution in [2.75, 3.05) is 13.7 Å². The molecular formula is C12H27NO. The summed E-state index contributed by atoms with van der Waals surface area (Å²) in [4.78, 5) is 0. The van der Waals surface area contributed by atoms with Crippen molar-refractivity contribution in [1.29, 1.82) is 0 Å². The molecule has 2 heteroatoms. The second-order valence-electron chi connectivity index (χ2n) is 4.62. The molecular weight excluding hydrogens is 174 g/mol. The van der Waals surface area contributed by atoms with E-state index < -0.39 is 0 Å². The highest BCUT2D eigenvalue weighted by Gasteiger charge is 2.17. The summed E-state index contributed by atoms with van der Waals surface area (Å²) in [6.45, 7) is 9.66. The highest BCUT2D eigenvalue weighted by Crippen LogP contribution is 2.09. The third-order valence-corrected chi connectivity index (χ3v) is 2.64. The average Bonchev–Trinajstić information content (AvgIpc) is 2.15. The largest absolute Gasteiger partial charge is 0.377 e. The Kier molecular flexibility index (Phi) is 7.20. The average molecular weight is 201 g/mol. The highest BCUT2D eigenvalue weighted by atomic mass is 16.5. The van der Waals surface area contributed by atoms with Crippen LogP contribution in [0.2, 0.25) is 0 Å². The van der Waals surface area contributed by atoms with Crippen LogP contribution in [0.25, 0.3) is 0 Å². The van der Waals surface area contributed by atoms with Crippen LogP contribution in [0.5, 0.6) is 0 Å². The molecule has 0 heterocycles. The summed E-state index contributed by atoms with van der Waals surface area (Å²) >= 11 is 0. The van der Waals surface area contributed by atoms with Gasteiger partial charge in [0.2, 0.25) is 0 Å². The van der Waals surface area contributed by atoms with Gasteiger partial charge in [0, 0.05) is 19.7 Å². The first kappa shape index (κ1) is 13.9. The van der Waals surface area contributed by atoms with E-state index in [0.29, 0.717) is 6.04 Å². The molecule has 0 aromatic carbocycles. The maximum atomic E-state index is 5.38. The van der Waals surface area contributed by atoms with Gasteiger partial charge in [0.15, 0.2) is 0 Å². The third-order valence-electron chi connectivity index (χ3n) is 2.64. The predicted molar refractivity (Wildman–Crippen MR) is 62.7 cm³/mol. The molecule has 0 aromatic rings. The lowest BCUT2D eigenvalue weighted by molar-refractivity contribution is 0.0205. The molecule has 0 radical (unpaired) electrons. The normalized spacial score (nSPS) is 12.4. The molecule has 14 heavy (non-hydrogen) atoms. The Morgan fingerprint density at radius 3 is 2.00 bits per heavy atom. The van der Waals surface area contributed by atoms with E-state index in [-0.39, 0.29) is 5.60 Å². The van der Waals surface area contributed by atoms with E-state index in [4.69, 9.17) is 4.74 Å². The van der Waals surface area contributed by atoms with E-state index in [9.17, 15) is 0 Å². The summed E-state index contributed by atoms with van der Waals surface area (Å²) in [5, 5.41) is 3.59. The molecule has 0 aliphatic heterocycles. The van der Waals surface area contributed by atoms with Crippen molar-refractivity contribution in [2.45, 2.75) is 65.0 Å². The summed E-state index contributed by atoms with van der Waals surface area (Å²) in [5.74, 6) is 0. The smallest absolute Gasteiger partial charge is 0.0746 e. The lowest BCUT2D eigenvalue weighted by Gasteiger charge is -2.27. The first-order valence-electron chi connectivity index (χ1n) is 5.84. The fraction of sp³-hybridized carbons (Fsp3) is 1.00. The third kappa shape index (κ3) is 6.39. The molecule has 86 valence electrons. The molecule has 0 saturated heterocycles. The van der Waals surface area contributed by atoms with Crippen molar-refractivity contribution < 1.29 is 4.74 Å². The van der Waals surface area contributed by atoms with Gasteiger partial charge in [0.1, 0.15) is 0 Å². The van der Waals surface area contributed by atoms with Gasteiger partial charge in [-0.25, -0.2) is 0 Å². The summed E-state index contributed by atoms with van der Waals surface area (Å²) in [6.07, 6.45) is 5.05. The van der Waals surface area contributed by atoms with Crippen molar-refractivity contribution in [3.63, 3.8) is 0 Å². The minimum atomic E-state index is -0.0419. The molecule has 0 aliphatic carbocycles. The lowest BCUT2D eigenvalue weighted by Crippen LogP contribution is -2.41. The van der Waals surface area contributed by atoms with Crippen LogP contribution in [0.15, 0.2) is 0 Å². The Morgan fingerprint density at radius 1 is 1.14 bits per heavy atom. The maximum absolute atomic E-state index is 5.38. The molecule has 0 rings (SSSR count). The van der Waals surface area contributed by atoms with Gasteiger partial charge in [-0.1, -0.05) is 26.7 Å². The minimum absolute atomic E-state index is 0.0419. The number of ether oxygens (including phenoxy) is 1. The van der Waals surface area contributed by atoms with Gasteiger partial charge in [0.05, 0.1) is 5.60 Å². The Bertz CT molecular complexity index is 128. The second-order valence-corrected chi connectivity index (χ2v) is 4.62. The van der Waals surface area contributed by atoms with Crippen LogP contribution in [-0.4, -0.2) is 25.3 Å². The Morgan fingerprint density at radius 2 is 1.64 bits per heavy atom. The van der Waals surface area contributed by atoms with E-state index in [1.807, 2.05) is 0 Å². The van der Waals surface area contributed by atoms with Gasteiger partial charge in [0.25, 0.3) is 0 Å². The highest BCUT2D eigenvalue weighted by molar-refractivity contribution is 4.75. The Labute approximate surface area is 89.4 Å². The fourth-order valence-corrected chi connectivity index (χ4v) is 1.51. The summed E-state index contributed by atoms with van der Waals surface area (Å²) in [7, 11) is 1.77. The molecule has 0 bridgehead atoms. The fourth-order valence-electron chi connectivity index (χ4n) is 1.51. The Hall–Kier alpha value is -0.0800. The maximum Gasteiger partial charge on any atom is 0.0746 e. The van der Waals surface area contributed by atoms with E-state index >= 15 is 0 Å². The molecule has 0 saturated carbocycles. The molecule has 0 atom stereocenters. The minimum Gasteiger partial charge on any atom is -0.377 e. The molecule has 0 unspecified atom stereocenters. The number of hydrogen-bond acceptors (Lipinski definition) is 2. The topological polar surface area (TPSA) is 21.3 Å². The van der Waals surface area contributed by atoms with Crippen LogP contribution in [-0.2, 0) is 4.74 Å². The molecule has 0 amide bonds. The van der Waals surface area contributed by atoms with Crippen molar-refractivity contribution in [3.8, 4) is 0 Å². The summed E-state index contributed by atoms with van der Waals surface area (Å²) < 4.78 is 5.38. The molecule has 0 spiro atoms. The molecule has 0 fully saturated rings. The van der Waals surface area contributed by atoms with Crippen LogP contribution in [0, 0.1) is 0 Å². The van der Waals surface area contributed by atoms with E-state index in [1.165, 1.54) is 25.7 Å². The number of nitrogens with one attached hydrogen (secondary N) is 1. The second kappa shape index (κ2) is 7.24. The van der Waals surface area contributed by atoms with Gasteiger partial charge in [-0.3, -0.25) is 0 Å². The van der Waals surface area contributed by atoms with E-state index in [2.05, 4.69) is 33.0 Å². The van der Waals surface area contributed by atoms with Gasteiger partial charge >= 0.3 is 0 Å². The zero-order valence-corrected chi connectivity index (χ0v) is 10.5. The SMILES string of the molecule is CCCC(CCC)NCC(C)(C)OC. The van der Waals surface area contributed by atoms with Crippen LogP contribution in [0.4, 0.5) is 0 Å². The van der Waals surface area contributed by atoms with Crippen LogP contribution < -0.4 is 5.32 Å². The standard InChI is InChI=1S/C12H27NO/c1-6-8-11(9-7-2)13-10-12(3,4)14-5/h11,13H,6-10H2,1-5H3. The Balaban J connectivity index is 3.80.